The van der Waals surface area contributed by atoms with E-state index in [-0.39, 0.29) is 30.8 Å². The van der Waals surface area contributed by atoms with Crippen molar-refractivity contribution in [3.8, 4) is 0 Å². The number of amides is 2. The molecule has 1 aliphatic heterocycles. The summed E-state index contributed by atoms with van der Waals surface area (Å²) < 4.78 is 0. The minimum atomic E-state index is -0.372. The Bertz CT molecular complexity index is 447. The van der Waals surface area contributed by atoms with Gasteiger partial charge in [0.15, 0.2) is 0 Å². The smallest absolute Gasteiger partial charge is 0.262 e. The Kier molecular flexibility index (Phi) is 2.94. The zero-order valence-electron chi connectivity index (χ0n) is 8.52. The van der Waals surface area contributed by atoms with E-state index in [1.54, 1.807) is 24.3 Å². The second kappa shape index (κ2) is 4.23. The molecule has 0 radical (unpaired) electrons. The molecule has 0 bridgehead atoms. The summed E-state index contributed by atoms with van der Waals surface area (Å²) >= 11 is 5.89. The van der Waals surface area contributed by atoms with Crippen molar-refractivity contribution in [1.29, 1.82) is 0 Å². The number of benzene rings is 1. The summed E-state index contributed by atoms with van der Waals surface area (Å²) in [6, 6.07) is 6.40. The molecule has 0 aliphatic carbocycles. The van der Waals surface area contributed by atoms with Gasteiger partial charge in [0.2, 0.25) is 5.91 Å². The van der Waals surface area contributed by atoms with Crippen LogP contribution in [0, 0.1) is 0 Å². The summed E-state index contributed by atoms with van der Waals surface area (Å²) in [7, 11) is 0. The summed E-state index contributed by atoms with van der Waals surface area (Å²) in [4.78, 5) is 24.6. The zero-order valence-corrected chi connectivity index (χ0v) is 9.28. The third kappa shape index (κ3) is 1.94. The highest BCUT2D eigenvalue weighted by Crippen LogP contribution is 2.20. The molecule has 2 amide bonds. The van der Waals surface area contributed by atoms with Gasteiger partial charge in [0.25, 0.3) is 5.91 Å². The van der Waals surface area contributed by atoms with E-state index >= 15 is 0 Å². The fourth-order valence-electron chi connectivity index (χ4n) is 1.71. The van der Waals surface area contributed by atoms with Gasteiger partial charge in [-0.1, -0.05) is 23.7 Å². The van der Waals surface area contributed by atoms with Crippen LogP contribution in [0.25, 0.3) is 0 Å². The lowest BCUT2D eigenvalue weighted by Gasteiger charge is -2.14. The monoisotopic (exact) mass is 238 g/mol. The van der Waals surface area contributed by atoms with Crippen molar-refractivity contribution in [2.24, 2.45) is 5.73 Å². The highest BCUT2D eigenvalue weighted by Gasteiger charge is 2.32. The number of hydrogen-bond donors (Lipinski definition) is 1. The number of likely N-dealkylation sites (tertiary alicyclic amines) is 1. The van der Waals surface area contributed by atoms with Crippen molar-refractivity contribution in [1.82, 2.24) is 4.90 Å². The molecule has 1 aromatic rings. The average Bonchev–Trinajstić information content (AvgIpc) is 2.58. The zero-order chi connectivity index (χ0) is 11.7. The van der Waals surface area contributed by atoms with Gasteiger partial charge in [-0.2, -0.15) is 0 Å². The number of carbonyl (C=O) groups is 2. The lowest BCUT2D eigenvalue weighted by Crippen LogP contribution is -2.34. The van der Waals surface area contributed by atoms with Gasteiger partial charge in [0, 0.05) is 19.0 Å². The minimum Gasteiger partial charge on any atom is -0.326 e. The Morgan fingerprint density at radius 2 is 2.12 bits per heavy atom. The van der Waals surface area contributed by atoms with E-state index in [1.165, 1.54) is 0 Å². The SMILES string of the molecule is NC1CC(=O)N(C(=O)c2ccccc2Cl)C1. The quantitative estimate of drug-likeness (QED) is 0.744. The second-order valence-electron chi connectivity index (χ2n) is 3.75. The van der Waals surface area contributed by atoms with Gasteiger partial charge in [-0.3, -0.25) is 14.5 Å². The number of carbonyl (C=O) groups excluding carboxylic acids is 2. The van der Waals surface area contributed by atoms with Crippen LogP contribution in [0.5, 0.6) is 0 Å². The Morgan fingerprint density at radius 3 is 2.69 bits per heavy atom. The first-order valence-corrected chi connectivity index (χ1v) is 5.32. The lowest BCUT2D eigenvalue weighted by molar-refractivity contribution is -0.125. The van der Waals surface area contributed by atoms with Crippen LogP contribution in [0.1, 0.15) is 16.8 Å². The number of nitrogens with zero attached hydrogens (tertiary/aromatic N) is 1. The van der Waals surface area contributed by atoms with E-state index in [0.717, 1.165) is 4.90 Å². The molecule has 0 spiro atoms. The largest absolute Gasteiger partial charge is 0.326 e. The van der Waals surface area contributed by atoms with Crippen molar-refractivity contribution < 1.29 is 9.59 Å². The summed E-state index contributed by atoms with van der Waals surface area (Å²) in [6.07, 6.45) is 0.218. The van der Waals surface area contributed by atoms with Gasteiger partial charge in [-0.25, -0.2) is 0 Å². The van der Waals surface area contributed by atoms with Crippen molar-refractivity contribution in [2.75, 3.05) is 6.54 Å². The van der Waals surface area contributed by atoms with Crippen LogP contribution in [0.3, 0.4) is 0 Å². The summed E-state index contributed by atoms with van der Waals surface area (Å²) in [5, 5.41) is 0.348. The van der Waals surface area contributed by atoms with Crippen LogP contribution < -0.4 is 5.73 Å². The van der Waals surface area contributed by atoms with Crippen LogP contribution in [0.2, 0.25) is 5.02 Å². The van der Waals surface area contributed by atoms with Crippen LogP contribution in [0.15, 0.2) is 24.3 Å². The molecule has 2 N–H and O–H groups in total. The molecule has 1 aliphatic rings. The van der Waals surface area contributed by atoms with Crippen molar-refractivity contribution in [2.45, 2.75) is 12.5 Å². The van der Waals surface area contributed by atoms with E-state index < -0.39 is 0 Å². The van der Waals surface area contributed by atoms with Crippen molar-refractivity contribution in [3.05, 3.63) is 34.9 Å². The molecular formula is C11H11ClN2O2. The predicted octanol–water partition coefficient (Wildman–Crippen LogP) is 1.04. The molecule has 84 valence electrons. The van der Waals surface area contributed by atoms with Gasteiger partial charge in [-0.15, -0.1) is 0 Å². The third-order valence-corrected chi connectivity index (χ3v) is 2.83. The molecule has 4 nitrogen and oxygen atoms in total. The third-order valence-electron chi connectivity index (χ3n) is 2.50. The first-order valence-electron chi connectivity index (χ1n) is 4.94. The van der Waals surface area contributed by atoms with Crippen molar-refractivity contribution in [3.63, 3.8) is 0 Å². The number of imide groups is 1. The Balaban J connectivity index is 2.27. The summed E-state index contributed by atoms with van der Waals surface area (Å²) in [5.41, 5.74) is 5.96. The average molecular weight is 239 g/mol. The van der Waals surface area contributed by atoms with Crippen molar-refractivity contribution >= 4 is 23.4 Å². The van der Waals surface area contributed by atoms with E-state index in [2.05, 4.69) is 0 Å². The fourth-order valence-corrected chi connectivity index (χ4v) is 1.93. The van der Waals surface area contributed by atoms with Gasteiger partial charge < -0.3 is 5.73 Å². The molecule has 0 aromatic heterocycles. The van der Waals surface area contributed by atoms with Gasteiger partial charge in [0.05, 0.1) is 10.6 Å². The van der Waals surface area contributed by atoms with Gasteiger partial charge >= 0.3 is 0 Å². The van der Waals surface area contributed by atoms with Crippen LogP contribution in [-0.4, -0.2) is 29.3 Å². The lowest BCUT2D eigenvalue weighted by atomic mass is 10.2. The number of halogens is 1. The molecule has 1 saturated heterocycles. The number of rotatable bonds is 1. The molecular weight excluding hydrogens is 228 g/mol. The maximum Gasteiger partial charge on any atom is 0.262 e. The molecule has 1 heterocycles. The topological polar surface area (TPSA) is 63.4 Å². The maximum absolute atomic E-state index is 12.0. The highest BCUT2D eigenvalue weighted by atomic mass is 35.5. The molecule has 1 unspecified atom stereocenters. The van der Waals surface area contributed by atoms with Crippen LogP contribution in [0.4, 0.5) is 0 Å². The van der Waals surface area contributed by atoms with E-state index in [4.69, 9.17) is 17.3 Å². The molecule has 0 saturated carbocycles. The van der Waals surface area contributed by atoms with Gasteiger partial charge in [-0.05, 0) is 12.1 Å². The Labute approximate surface area is 98.0 Å². The number of hydrogen-bond acceptors (Lipinski definition) is 3. The first kappa shape index (κ1) is 11.1. The molecule has 1 atom stereocenters. The standard InChI is InChI=1S/C11H11ClN2O2/c12-9-4-2-1-3-8(9)11(16)14-6-7(13)5-10(14)15/h1-4,7H,5-6,13H2. The van der Waals surface area contributed by atoms with Crippen LogP contribution >= 0.6 is 11.6 Å². The van der Waals surface area contributed by atoms with E-state index in [0.29, 0.717) is 10.6 Å². The maximum atomic E-state index is 12.0. The summed E-state index contributed by atoms with van der Waals surface area (Å²) in [6.45, 7) is 0.267. The molecule has 16 heavy (non-hydrogen) atoms. The number of nitrogens with two attached hydrogens (primary N) is 1. The second-order valence-corrected chi connectivity index (χ2v) is 4.16. The summed E-state index contributed by atoms with van der Waals surface area (Å²) in [5.74, 6) is -0.610. The molecule has 2 rings (SSSR count). The molecule has 5 heteroatoms. The van der Waals surface area contributed by atoms with Gasteiger partial charge in [0.1, 0.15) is 0 Å². The highest BCUT2D eigenvalue weighted by molar-refractivity contribution is 6.34. The fraction of sp³-hybridized carbons (Fsp3) is 0.273. The van der Waals surface area contributed by atoms with Crippen LogP contribution in [-0.2, 0) is 4.79 Å². The van der Waals surface area contributed by atoms with E-state index in [1.807, 2.05) is 0 Å². The Hall–Kier alpha value is -1.39. The van der Waals surface area contributed by atoms with E-state index in [9.17, 15) is 9.59 Å². The first-order chi connectivity index (χ1) is 7.59. The Morgan fingerprint density at radius 1 is 1.44 bits per heavy atom. The molecule has 1 aromatic carbocycles. The molecule has 1 fully saturated rings. The minimum absolute atomic E-state index is 0.218. The predicted molar refractivity (Wildman–Crippen MR) is 60.1 cm³/mol. The normalized spacial score (nSPS) is 20.2.